The minimum Gasteiger partial charge on any atom is -0.381 e. The molecule has 1 saturated heterocycles. The number of rotatable bonds is 4. The first-order valence-electron chi connectivity index (χ1n) is 5.93. The number of halogens is 3. The number of hydrogen-bond acceptors (Lipinski definition) is 3. The predicted octanol–water partition coefficient (Wildman–Crippen LogP) is 1.62. The lowest BCUT2D eigenvalue weighted by Crippen LogP contribution is -2.49. The molecule has 0 spiro atoms. The molecule has 0 saturated carbocycles. The van der Waals surface area contributed by atoms with Crippen LogP contribution in [0.25, 0.3) is 0 Å². The van der Waals surface area contributed by atoms with Gasteiger partial charge in [-0.05, 0) is 20.3 Å². The van der Waals surface area contributed by atoms with Gasteiger partial charge in [0.25, 0.3) is 0 Å². The molecule has 1 heterocycles. The van der Waals surface area contributed by atoms with Gasteiger partial charge in [-0.25, -0.2) is 0 Å². The van der Waals surface area contributed by atoms with E-state index in [1.165, 1.54) is 4.90 Å². The lowest BCUT2D eigenvalue weighted by atomic mass is 9.95. The first kappa shape index (κ1) is 14.7. The summed E-state index contributed by atoms with van der Waals surface area (Å²) in [6.07, 6.45) is -3.44. The summed E-state index contributed by atoms with van der Waals surface area (Å²) in [7, 11) is 0. The van der Waals surface area contributed by atoms with Gasteiger partial charge in [-0.2, -0.15) is 13.2 Å². The molecule has 0 aliphatic carbocycles. The normalized spacial score (nSPS) is 26.8. The zero-order valence-corrected chi connectivity index (χ0v) is 10.3. The van der Waals surface area contributed by atoms with E-state index in [9.17, 15) is 13.2 Å². The van der Waals surface area contributed by atoms with Gasteiger partial charge < -0.3 is 10.5 Å². The maximum atomic E-state index is 12.4. The van der Waals surface area contributed by atoms with Crippen LogP contribution in [0.5, 0.6) is 0 Å². The summed E-state index contributed by atoms with van der Waals surface area (Å²) in [5.41, 5.74) is 5.90. The van der Waals surface area contributed by atoms with E-state index in [0.29, 0.717) is 19.8 Å². The summed E-state index contributed by atoms with van der Waals surface area (Å²) in [6.45, 7) is 4.06. The fourth-order valence-electron chi connectivity index (χ4n) is 1.99. The second kappa shape index (κ2) is 6.02. The van der Waals surface area contributed by atoms with E-state index in [0.717, 1.165) is 6.42 Å². The molecule has 2 atom stereocenters. The second-order valence-corrected chi connectivity index (χ2v) is 4.93. The largest absolute Gasteiger partial charge is 0.401 e. The number of hydrogen-bond donors (Lipinski definition) is 1. The first-order chi connectivity index (χ1) is 7.79. The van der Waals surface area contributed by atoms with Crippen molar-refractivity contribution in [1.29, 1.82) is 0 Å². The van der Waals surface area contributed by atoms with Crippen LogP contribution in [0.15, 0.2) is 0 Å². The molecule has 0 aromatic carbocycles. The van der Waals surface area contributed by atoms with E-state index in [-0.39, 0.29) is 18.0 Å². The fraction of sp³-hybridized carbons (Fsp3) is 1.00. The van der Waals surface area contributed by atoms with Crippen LogP contribution >= 0.6 is 0 Å². The molecule has 1 aliphatic heterocycles. The first-order valence-corrected chi connectivity index (χ1v) is 5.93. The van der Waals surface area contributed by atoms with Gasteiger partial charge in [0.05, 0.1) is 13.2 Å². The van der Waals surface area contributed by atoms with Gasteiger partial charge in [0, 0.05) is 31.2 Å². The third-order valence-corrected chi connectivity index (χ3v) is 3.11. The van der Waals surface area contributed by atoms with Crippen molar-refractivity contribution in [1.82, 2.24) is 4.90 Å². The Morgan fingerprint density at radius 3 is 2.53 bits per heavy atom. The van der Waals surface area contributed by atoms with Crippen LogP contribution in [0.2, 0.25) is 0 Å². The quantitative estimate of drug-likeness (QED) is 0.828. The predicted molar refractivity (Wildman–Crippen MR) is 59.7 cm³/mol. The van der Waals surface area contributed by atoms with Gasteiger partial charge in [-0.3, -0.25) is 4.90 Å². The van der Waals surface area contributed by atoms with Crippen molar-refractivity contribution in [2.45, 2.75) is 38.5 Å². The van der Waals surface area contributed by atoms with Crippen molar-refractivity contribution in [3.63, 3.8) is 0 Å². The number of alkyl halides is 3. The van der Waals surface area contributed by atoms with Crippen LogP contribution in [0.1, 0.15) is 20.3 Å². The number of ether oxygens (including phenoxy) is 1. The standard InChI is InChI=1S/C11H21F3N2O/c1-8(2)16(7-11(12,13)14)5-9-6-17-4-3-10(9)15/h8-10H,3-7,15H2,1-2H3. The van der Waals surface area contributed by atoms with Crippen molar-refractivity contribution >= 4 is 0 Å². The third-order valence-electron chi connectivity index (χ3n) is 3.11. The molecule has 17 heavy (non-hydrogen) atoms. The van der Waals surface area contributed by atoms with Gasteiger partial charge in [-0.15, -0.1) is 0 Å². The van der Waals surface area contributed by atoms with Crippen LogP contribution in [0, 0.1) is 5.92 Å². The van der Waals surface area contributed by atoms with Crippen molar-refractivity contribution in [2.24, 2.45) is 11.7 Å². The maximum Gasteiger partial charge on any atom is 0.401 e. The van der Waals surface area contributed by atoms with E-state index < -0.39 is 12.7 Å². The molecule has 1 fully saturated rings. The Hall–Kier alpha value is -0.330. The Morgan fingerprint density at radius 1 is 1.41 bits per heavy atom. The molecule has 3 nitrogen and oxygen atoms in total. The molecule has 2 N–H and O–H groups in total. The van der Waals surface area contributed by atoms with Gasteiger partial charge in [0.15, 0.2) is 0 Å². The molecular formula is C11H21F3N2O. The molecule has 0 aromatic heterocycles. The molecule has 0 bridgehead atoms. The SMILES string of the molecule is CC(C)N(CC1COCCC1N)CC(F)(F)F. The minimum absolute atomic E-state index is 0.00602. The lowest BCUT2D eigenvalue weighted by Gasteiger charge is -2.35. The lowest BCUT2D eigenvalue weighted by molar-refractivity contribution is -0.152. The molecule has 0 aromatic rings. The summed E-state index contributed by atoms with van der Waals surface area (Å²) < 4.78 is 42.5. The molecule has 102 valence electrons. The zero-order valence-electron chi connectivity index (χ0n) is 10.3. The Bertz CT molecular complexity index is 233. The van der Waals surface area contributed by atoms with Gasteiger partial charge in [0.2, 0.25) is 0 Å². The van der Waals surface area contributed by atoms with E-state index in [1.807, 2.05) is 0 Å². The Kier molecular flexibility index (Phi) is 5.22. The zero-order chi connectivity index (χ0) is 13.1. The summed E-state index contributed by atoms with van der Waals surface area (Å²) in [5, 5.41) is 0. The monoisotopic (exact) mass is 254 g/mol. The highest BCUT2D eigenvalue weighted by Gasteiger charge is 2.34. The number of nitrogens with zero attached hydrogens (tertiary/aromatic N) is 1. The molecular weight excluding hydrogens is 233 g/mol. The average molecular weight is 254 g/mol. The third kappa shape index (κ3) is 5.23. The molecule has 1 rings (SSSR count). The Labute approximate surface area is 100 Å². The van der Waals surface area contributed by atoms with Crippen LogP contribution in [-0.4, -0.2) is 49.5 Å². The smallest absolute Gasteiger partial charge is 0.381 e. The van der Waals surface area contributed by atoms with Crippen molar-refractivity contribution < 1.29 is 17.9 Å². The second-order valence-electron chi connectivity index (χ2n) is 4.93. The number of nitrogens with two attached hydrogens (primary N) is 1. The van der Waals surface area contributed by atoms with Crippen LogP contribution in [0.4, 0.5) is 13.2 Å². The summed E-state index contributed by atoms with van der Waals surface area (Å²) in [5.74, 6) is -0.00602. The van der Waals surface area contributed by atoms with Crippen LogP contribution in [0.3, 0.4) is 0 Å². The summed E-state index contributed by atoms with van der Waals surface area (Å²) in [4.78, 5) is 1.42. The Balaban J connectivity index is 2.53. The maximum absolute atomic E-state index is 12.4. The summed E-state index contributed by atoms with van der Waals surface area (Å²) >= 11 is 0. The molecule has 0 radical (unpaired) electrons. The average Bonchev–Trinajstić information content (AvgIpc) is 2.18. The molecule has 0 amide bonds. The van der Waals surface area contributed by atoms with Gasteiger partial charge in [-0.1, -0.05) is 0 Å². The van der Waals surface area contributed by atoms with Crippen molar-refractivity contribution in [2.75, 3.05) is 26.3 Å². The van der Waals surface area contributed by atoms with Crippen molar-refractivity contribution in [3.05, 3.63) is 0 Å². The highest BCUT2D eigenvalue weighted by molar-refractivity contribution is 4.81. The van der Waals surface area contributed by atoms with Gasteiger partial charge >= 0.3 is 6.18 Å². The highest BCUT2D eigenvalue weighted by Crippen LogP contribution is 2.21. The highest BCUT2D eigenvalue weighted by atomic mass is 19.4. The van der Waals surface area contributed by atoms with E-state index in [2.05, 4.69) is 0 Å². The van der Waals surface area contributed by atoms with Gasteiger partial charge in [0.1, 0.15) is 0 Å². The fourth-order valence-corrected chi connectivity index (χ4v) is 1.99. The minimum atomic E-state index is -4.16. The van der Waals surface area contributed by atoms with E-state index in [1.54, 1.807) is 13.8 Å². The summed E-state index contributed by atoms with van der Waals surface area (Å²) in [6, 6.07) is -0.205. The van der Waals surface area contributed by atoms with E-state index in [4.69, 9.17) is 10.5 Å². The molecule has 2 unspecified atom stereocenters. The van der Waals surface area contributed by atoms with Crippen LogP contribution in [-0.2, 0) is 4.74 Å². The van der Waals surface area contributed by atoms with Crippen LogP contribution < -0.4 is 5.73 Å². The van der Waals surface area contributed by atoms with E-state index >= 15 is 0 Å². The van der Waals surface area contributed by atoms with Crippen molar-refractivity contribution in [3.8, 4) is 0 Å². The molecule has 1 aliphatic rings. The molecule has 6 heteroatoms. The topological polar surface area (TPSA) is 38.5 Å². The Morgan fingerprint density at radius 2 is 2.06 bits per heavy atom.